The zero-order valence-electron chi connectivity index (χ0n) is 9.59. The van der Waals surface area contributed by atoms with Crippen LogP contribution < -0.4 is 5.32 Å². The Bertz CT molecular complexity index is 264. The van der Waals surface area contributed by atoms with Crippen molar-refractivity contribution >= 4 is 11.6 Å². The van der Waals surface area contributed by atoms with E-state index in [0.29, 0.717) is 11.9 Å². The molecule has 1 aromatic carbocycles. The maximum absolute atomic E-state index is 5.74. The standard InChI is InChI=1S/C13H20ClN/c1-3-13(4-2)15-10-12-7-5-11(9-14)6-8-12/h5-8,13,15H,3-4,9-10H2,1-2H3. The van der Waals surface area contributed by atoms with E-state index in [0.717, 1.165) is 6.54 Å². The average molecular weight is 226 g/mol. The van der Waals surface area contributed by atoms with Crippen LogP contribution in [0.4, 0.5) is 0 Å². The highest BCUT2D eigenvalue weighted by molar-refractivity contribution is 6.17. The Labute approximate surface area is 97.8 Å². The van der Waals surface area contributed by atoms with Gasteiger partial charge in [-0.2, -0.15) is 0 Å². The molecule has 1 N–H and O–H groups in total. The Morgan fingerprint density at radius 1 is 1.07 bits per heavy atom. The molecule has 1 aromatic rings. The van der Waals surface area contributed by atoms with Crippen molar-refractivity contribution in [1.29, 1.82) is 0 Å². The Morgan fingerprint density at radius 3 is 2.07 bits per heavy atom. The number of alkyl halides is 1. The number of rotatable bonds is 6. The zero-order valence-corrected chi connectivity index (χ0v) is 10.3. The van der Waals surface area contributed by atoms with E-state index in [1.165, 1.54) is 24.0 Å². The molecule has 1 rings (SSSR count). The molecule has 0 bridgehead atoms. The smallest absolute Gasteiger partial charge is 0.0474 e. The fraction of sp³-hybridized carbons (Fsp3) is 0.538. The zero-order chi connectivity index (χ0) is 11.1. The van der Waals surface area contributed by atoms with Gasteiger partial charge in [-0.15, -0.1) is 11.6 Å². The second-order valence-electron chi connectivity index (χ2n) is 3.84. The SMILES string of the molecule is CCC(CC)NCc1ccc(CCl)cc1. The van der Waals surface area contributed by atoms with E-state index in [-0.39, 0.29) is 0 Å². The summed E-state index contributed by atoms with van der Waals surface area (Å²) in [6, 6.07) is 9.12. The quantitative estimate of drug-likeness (QED) is 0.728. The molecule has 0 saturated carbocycles. The monoisotopic (exact) mass is 225 g/mol. The number of nitrogens with one attached hydrogen (secondary N) is 1. The van der Waals surface area contributed by atoms with Gasteiger partial charge in [-0.3, -0.25) is 0 Å². The first kappa shape index (κ1) is 12.5. The fourth-order valence-corrected chi connectivity index (χ4v) is 1.76. The molecule has 0 heterocycles. The number of hydrogen-bond donors (Lipinski definition) is 1. The molecule has 1 nitrogen and oxygen atoms in total. The van der Waals surface area contributed by atoms with Crippen LogP contribution in [0, 0.1) is 0 Å². The van der Waals surface area contributed by atoms with Gasteiger partial charge in [0.05, 0.1) is 0 Å². The molecule has 15 heavy (non-hydrogen) atoms. The topological polar surface area (TPSA) is 12.0 Å². The normalized spacial score (nSPS) is 10.9. The van der Waals surface area contributed by atoms with Gasteiger partial charge in [-0.05, 0) is 24.0 Å². The molecule has 0 unspecified atom stereocenters. The Hall–Kier alpha value is -0.530. The summed E-state index contributed by atoms with van der Waals surface area (Å²) in [7, 11) is 0. The summed E-state index contributed by atoms with van der Waals surface area (Å²) in [6.45, 7) is 5.39. The summed E-state index contributed by atoms with van der Waals surface area (Å²) in [5.74, 6) is 0.597. The Balaban J connectivity index is 2.43. The molecule has 0 aliphatic heterocycles. The van der Waals surface area contributed by atoms with E-state index >= 15 is 0 Å². The van der Waals surface area contributed by atoms with Gasteiger partial charge in [0.25, 0.3) is 0 Å². The molecule has 0 aromatic heterocycles. The molecular weight excluding hydrogens is 206 g/mol. The predicted octanol–water partition coefficient (Wildman–Crippen LogP) is 3.70. The highest BCUT2D eigenvalue weighted by Crippen LogP contribution is 2.07. The first-order valence-corrected chi connectivity index (χ1v) is 6.20. The first-order chi connectivity index (χ1) is 7.30. The van der Waals surface area contributed by atoms with Crippen LogP contribution in [0.3, 0.4) is 0 Å². The third kappa shape index (κ3) is 4.23. The number of hydrogen-bond acceptors (Lipinski definition) is 1. The van der Waals surface area contributed by atoms with Crippen LogP contribution in [-0.4, -0.2) is 6.04 Å². The van der Waals surface area contributed by atoms with Crippen molar-refractivity contribution in [1.82, 2.24) is 5.32 Å². The average Bonchev–Trinajstić information content (AvgIpc) is 2.31. The summed E-state index contributed by atoms with van der Waals surface area (Å²) in [6.07, 6.45) is 2.38. The highest BCUT2D eigenvalue weighted by atomic mass is 35.5. The third-order valence-corrected chi connectivity index (χ3v) is 3.07. The molecular formula is C13H20ClN. The second kappa shape index (κ2) is 6.86. The largest absolute Gasteiger partial charge is 0.310 e. The van der Waals surface area contributed by atoms with Crippen LogP contribution in [0.2, 0.25) is 0 Å². The summed E-state index contributed by atoms with van der Waals surface area (Å²) < 4.78 is 0. The molecule has 0 atom stereocenters. The van der Waals surface area contributed by atoms with Gasteiger partial charge in [0, 0.05) is 18.5 Å². The van der Waals surface area contributed by atoms with Crippen molar-refractivity contribution in [3.63, 3.8) is 0 Å². The molecule has 0 aliphatic carbocycles. The van der Waals surface area contributed by atoms with E-state index in [1.807, 2.05) is 0 Å². The minimum atomic E-state index is 0.597. The van der Waals surface area contributed by atoms with Crippen LogP contribution in [0.25, 0.3) is 0 Å². The van der Waals surface area contributed by atoms with Crippen LogP contribution in [0.1, 0.15) is 37.8 Å². The predicted molar refractivity (Wildman–Crippen MR) is 67.2 cm³/mol. The third-order valence-electron chi connectivity index (χ3n) is 2.76. The van der Waals surface area contributed by atoms with Crippen molar-refractivity contribution in [3.05, 3.63) is 35.4 Å². The molecule has 0 spiro atoms. The highest BCUT2D eigenvalue weighted by Gasteiger charge is 2.01. The van der Waals surface area contributed by atoms with E-state index in [2.05, 4.69) is 43.4 Å². The summed E-state index contributed by atoms with van der Waals surface area (Å²) in [4.78, 5) is 0. The molecule has 0 saturated heterocycles. The molecule has 2 heteroatoms. The molecule has 0 fully saturated rings. The maximum Gasteiger partial charge on any atom is 0.0474 e. The molecule has 0 amide bonds. The van der Waals surface area contributed by atoms with Crippen molar-refractivity contribution in [2.24, 2.45) is 0 Å². The maximum atomic E-state index is 5.74. The van der Waals surface area contributed by atoms with Crippen LogP contribution in [0.15, 0.2) is 24.3 Å². The summed E-state index contributed by atoms with van der Waals surface area (Å²) in [5.41, 5.74) is 2.51. The van der Waals surface area contributed by atoms with E-state index in [9.17, 15) is 0 Å². The van der Waals surface area contributed by atoms with Gasteiger partial charge in [0.15, 0.2) is 0 Å². The lowest BCUT2D eigenvalue weighted by Crippen LogP contribution is -2.26. The lowest BCUT2D eigenvalue weighted by molar-refractivity contribution is 0.484. The van der Waals surface area contributed by atoms with Gasteiger partial charge in [0.1, 0.15) is 0 Å². The van der Waals surface area contributed by atoms with E-state index < -0.39 is 0 Å². The number of benzene rings is 1. The fourth-order valence-electron chi connectivity index (χ4n) is 1.59. The number of halogens is 1. The lowest BCUT2D eigenvalue weighted by atomic mass is 10.1. The first-order valence-electron chi connectivity index (χ1n) is 5.67. The van der Waals surface area contributed by atoms with E-state index in [4.69, 9.17) is 11.6 Å². The van der Waals surface area contributed by atoms with Crippen LogP contribution >= 0.6 is 11.6 Å². The Morgan fingerprint density at radius 2 is 1.60 bits per heavy atom. The minimum Gasteiger partial charge on any atom is -0.310 e. The van der Waals surface area contributed by atoms with Crippen molar-refractivity contribution < 1.29 is 0 Å². The Kier molecular flexibility index (Phi) is 5.74. The lowest BCUT2D eigenvalue weighted by Gasteiger charge is -2.14. The van der Waals surface area contributed by atoms with Gasteiger partial charge in [-0.1, -0.05) is 38.1 Å². The van der Waals surface area contributed by atoms with Gasteiger partial charge in [-0.25, -0.2) is 0 Å². The molecule has 0 aliphatic rings. The van der Waals surface area contributed by atoms with Gasteiger partial charge >= 0.3 is 0 Å². The summed E-state index contributed by atoms with van der Waals surface area (Å²) in [5, 5.41) is 3.54. The second-order valence-corrected chi connectivity index (χ2v) is 4.11. The van der Waals surface area contributed by atoms with Crippen molar-refractivity contribution in [3.8, 4) is 0 Å². The van der Waals surface area contributed by atoms with Crippen LogP contribution in [0.5, 0.6) is 0 Å². The minimum absolute atomic E-state index is 0.597. The summed E-state index contributed by atoms with van der Waals surface area (Å²) >= 11 is 5.74. The van der Waals surface area contributed by atoms with Crippen molar-refractivity contribution in [2.45, 2.75) is 45.2 Å². The van der Waals surface area contributed by atoms with Gasteiger partial charge < -0.3 is 5.32 Å². The van der Waals surface area contributed by atoms with Crippen LogP contribution in [-0.2, 0) is 12.4 Å². The molecule has 84 valence electrons. The van der Waals surface area contributed by atoms with E-state index in [1.54, 1.807) is 0 Å². The molecule has 0 radical (unpaired) electrons. The van der Waals surface area contributed by atoms with Gasteiger partial charge in [0.2, 0.25) is 0 Å². The van der Waals surface area contributed by atoms with Crippen molar-refractivity contribution in [2.75, 3.05) is 0 Å².